The standard InChI is InChI=1S/C8H10ClNOS/c9-7-5-10-8(11-7)6-1-3-12-4-2-6/h5-6H,1-4H2. The average molecular weight is 204 g/mol. The van der Waals surface area contributed by atoms with Crippen molar-refractivity contribution in [2.45, 2.75) is 18.8 Å². The molecule has 2 nitrogen and oxygen atoms in total. The van der Waals surface area contributed by atoms with E-state index in [1.807, 2.05) is 11.8 Å². The summed E-state index contributed by atoms with van der Waals surface area (Å²) in [7, 11) is 0. The van der Waals surface area contributed by atoms with Crippen LogP contribution in [0.5, 0.6) is 0 Å². The number of rotatable bonds is 1. The molecule has 0 N–H and O–H groups in total. The van der Waals surface area contributed by atoms with E-state index in [9.17, 15) is 0 Å². The molecule has 1 saturated heterocycles. The molecule has 4 heteroatoms. The summed E-state index contributed by atoms with van der Waals surface area (Å²) in [4.78, 5) is 4.13. The van der Waals surface area contributed by atoms with Crippen molar-refractivity contribution in [3.63, 3.8) is 0 Å². The summed E-state index contributed by atoms with van der Waals surface area (Å²) < 4.78 is 5.27. The Balaban J connectivity index is 2.08. The first-order valence-electron chi connectivity index (χ1n) is 4.05. The lowest BCUT2D eigenvalue weighted by Gasteiger charge is -2.17. The fraction of sp³-hybridized carbons (Fsp3) is 0.625. The molecule has 1 aliphatic heterocycles. The largest absolute Gasteiger partial charge is 0.429 e. The quantitative estimate of drug-likeness (QED) is 0.702. The molecule has 66 valence electrons. The summed E-state index contributed by atoms with van der Waals surface area (Å²) in [6.07, 6.45) is 3.92. The third-order valence-corrected chi connectivity index (χ3v) is 3.29. The van der Waals surface area contributed by atoms with Gasteiger partial charge in [0.05, 0.1) is 6.20 Å². The van der Waals surface area contributed by atoms with E-state index in [0.717, 1.165) is 5.89 Å². The highest BCUT2D eigenvalue weighted by molar-refractivity contribution is 7.99. The zero-order valence-corrected chi connectivity index (χ0v) is 8.20. The molecule has 0 aliphatic carbocycles. The Labute approximate surface area is 80.7 Å². The first-order valence-corrected chi connectivity index (χ1v) is 5.58. The van der Waals surface area contributed by atoms with Gasteiger partial charge in [-0.1, -0.05) is 0 Å². The maximum absolute atomic E-state index is 5.65. The summed E-state index contributed by atoms with van der Waals surface area (Å²) >= 11 is 7.64. The van der Waals surface area contributed by atoms with Crippen LogP contribution < -0.4 is 0 Å². The predicted octanol–water partition coefficient (Wildman–Crippen LogP) is 2.94. The molecule has 12 heavy (non-hydrogen) atoms. The van der Waals surface area contributed by atoms with Crippen molar-refractivity contribution in [3.05, 3.63) is 17.3 Å². The summed E-state index contributed by atoms with van der Waals surface area (Å²) in [5.74, 6) is 3.74. The monoisotopic (exact) mass is 203 g/mol. The topological polar surface area (TPSA) is 26.0 Å². The molecule has 0 saturated carbocycles. The minimum atomic E-state index is 0.406. The molecule has 2 rings (SSSR count). The Kier molecular flexibility index (Phi) is 2.61. The van der Waals surface area contributed by atoms with Crippen LogP contribution in [0.15, 0.2) is 10.6 Å². The molecule has 1 aliphatic rings. The lowest BCUT2D eigenvalue weighted by atomic mass is 10.0. The van der Waals surface area contributed by atoms with Crippen LogP contribution >= 0.6 is 23.4 Å². The van der Waals surface area contributed by atoms with E-state index in [-0.39, 0.29) is 0 Å². The van der Waals surface area contributed by atoms with Gasteiger partial charge in [-0.3, -0.25) is 0 Å². The summed E-state index contributed by atoms with van der Waals surface area (Å²) in [6.45, 7) is 0. The molecule has 0 amide bonds. The van der Waals surface area contributed by atoms with Gasteiger partial charge in [-0.2, -0.15) is 11.8 Å². The van der Waals surface area contributed by atoms with Gasteiger partial charge in [-0.15, -0.1) is 0 Å². The third kappa shape index (κ3) is 1.77. The SMILES string of the molecule is Clc1cnc(C2CCSCC2)o1. The van der Waals surface area contributed by atoms with Gasteiger partial charge in [0, 0.05) is 5.92 Å². The van der Waals surface area contributed by atoms with E-state index >= 15 is 0 Å². The van der Waals surface area contributed by atoms with Crippen LogP contribution in [0.2, 0.25) is 5.22 Å². The molecule has 2 heterocycles. The van der Waals surface area contributed by atoms with Gasteiger partial charge < -0.3 is 4.42 Å². The molecule has 1 aromatic heterocycles. The van der Waals surface area contributed by atoms with Crippen LogP contribution in [0, 0.1) is 0 Å². The molecule has 0 unspecified atom stereocenters. The lowest BCUT2D eigenvalue weighted by molar-refractivity contribution is 0.431. The van der Waals surface area contributed by atoms with Gasteiger partial charge >= 0.3 is 0 Å². The highest BCUT2D eigenvalue weighted by Gasteiger charge is 2.19. The van der Waals surface area contributed by atoms with Crippen LogP contribution in [0.25, 0.3) is 0 Å². The second kappa shape index (κ2) is 3.71. The predicted molar refractivity (Wildman–Crippen MR) is 50.8 cm³/mol. The van der Waals surface area contributed by atoms with Crippen LogP contribution in [0.4, 0.5) is 0 Å². The van der Waals surface area contributed by atoms with E-state index in [2.05, 4.69) is 4.98 Å². The van der Waals surface area contributed by atoms with Gasteiger partial charge in [-0.25, -0.2) is 4.98 Å². The van der Waals surface area contributed by atoms with Crippen molar-refractivity contribution in [1.29, 1.82) is 0 Å². The number of thioether (sulfide) groups is 1. The normalized spacial score (nSPS) is 19.8. The highest BCUT2D eigenvalue weighted by Crippen LogP contribution is 2.31. The number of hydrogen-bond acceptors (Lipinski definition) is 3. The van der Waals surface area contributed by atoms with Crippen molar-refractivity contribution < 1.29 is 4.42 Å². The lowest BCUT2D eigenvalue weighted by Crippen LogP contribution is -2.07. The molecule has 0 bridgehead atoms. The van der Waals surface area contributed by atoms with Gasteiger partial charge in [0.1, 0.15) is 0 Å². The molecular formula is C8H10ClNOS. The van der Waals surface area contributed by atoms with E-state index in [1.54, 1.807) is 6.20 Å². The number of nitrogens with zero attached hydrogens (tertiary/aromatic N) is 1. The van der Waals surface area contributed by atoms with Crippen molar-refractivity contribution in [2.75, 3.05) is 11.5 Å². The fourth-order valence-electron chi connectivity index (χ4n) is 1.40. The van der Waals surface area contributed by atoms with Crippen molar-refractivity contribution >= 4 is 23.4 Å². The van der Waals surface area contributed by atoms with E-state index in [0.29, 0.717) is 11.1 Å². The number of oxazole rings is 1. The Morgan fingerprint density at radius 2 is 2.25 bits per heavy atom. The Bertz CT molecular complexity index is 257. The maximum Gasteiger partial charge on any atom is 0.213 e. The number of halogens is 1. The molecular weight excluding hydrogens is 194 g/mol. The van der Waals surface area contributed by atoms with Gasteiger partial charge in [0.15, 0.2) is 5.89 Å². The molecule has 0 spiro atoms. The molecule has 1 fully saturated rings. The summed E-state index contributed by atoms with van der Waals surface area (Å²) in [5, 5.41) is 0.406. The van der Waals surface area contributed by atoms with E-state index in [4.69, 9.17) is 16.0 Å². The third-order valence-electron chi connectivity index (χ3n) is 2.07. The second-order valence-electron chi connectivity index (χ2n) is 2.89. The molecule has 1 aromatic rings. The Morgan fingerprint density at radius 3 is 2.83 bits per heavy atom. The average Bonchev–Trinajstić information content (AvgIpc) is 2.54. The van der Waals surface area contributed by atoms with Gasteiger partial charge in [0.2, 0.25) is 5.22 Å². The first kappa shape index (κ1) is 8.45. The van der Waals surface area contributed by atoms with Crippen LogP contribution in [0.1, 0.15) is 24.7 Å². The smallest absolute Gasteiger partial charge is 0.213 e. The van der Waals surface area contributed by atoms with E-state index < -0.39 is 0 Å². The van der Waals surface area contributed by atoms with Crippen LogP contribution in [-0.4, -0.2) is 16.5 Å². The summed E-state index contributed by atoms with van der Waals surface area (Å²) in [6, 6.07) is 0. The van der Waals surface area contributed by atoms with Crippen molar-refractivity contribution in [3.8, 4) is 0 Å². The molecule has 0 aromatic carbocycles. The minimum absolute atomic E-state index is 0.406. The number of hydrogen-bond donors (Lipinski definition) is 0. The van der Waals surface area contributed by atoms with Crippen molar-refractivity contribution in [2.24, 2.45) is 0 Å². The summed E-state index contributed by atoms with van der Waals surface area (Å²) in [5.41, 5.74) is 0. The van der Waals surface area contributed by atoms with Crippen LogP contribution in [0.3, 0.4) is 0 Å². The minimum Gasteiger partial charge on any atom is -0.429 e. The van der Waals surface area contributed by atoms with Crippen molar-refractivity contribution in [1.82, 2.24) is 4.98 Å². The van der Waals surface area contributed by atoms with E-state index in [1.165, 1.54) is 24.3 Å². The fourth-order valence-corrected chi connectivity index (χ4v) is 2.63. The zero-order chi connectivity index (χ0) is 8.39. The molecule has 0 atom stereocenters. The van der Waals surface area contributed by atoms with Crippen LogP contribution in [-0.2, 0) is 0 Å². The maximum atomic E-state index is 5.65. The molecule has 0 radical (unpaired) electrons. The first-order chi connectivity index (χ1) is 5.86. The zero-order valence-electron chi connectivity index (χ0n) is 6.62. The van der Waals surface area contributed by atoms with Gasteiger partial charge in [-0.05, 0) is 35.9 Å². The second-order valence-corrected chi connectivity index (χ2v) is 4.49. The van der Waals surface area contributed by atoms with Gasteiger partial charge in [0.25, 0.3) is 0 Å². The number of aromatic nitrogens is 1. The highest BCUT2D eigenvalue weighted by atomic mass is 35.5. The Morgan fingerprint density at radius 1 is 1.50 bits per heavy atom. The Hall–Kier alpha value is -0.150.